The number of hydrogen-bond acceptors (Lipinski definition) is 1. The Bertz CT molecular complexity index is 248. The quantitative estimate of drug-likeness (QED) is 0.552. The monoisotopic (exact) mass is 228 g/mol. The second-order valence-corrected chi connectivity index (χ2v) is 10.6. The zero-order valence-corrected chi connectivity index (χ0v) is 11.6. The number of carbonyl (C=O) groups is 1. The maximum Gasteiger partial charge on any atom is 0.330 e. The lowest BCUT2D eigenvalue weighted by molar-refractivity contribution is -0.132. The van der Waals surface area contributed by atoms with Crippen molar-refractivity contribution in [1.29, 1.82) is 0 Å². The van der Waals surface area contributed by atoms with Crippen molar-refractivity contribution in [2.75, 3.05) is 0 Å². The average Bonchev–Trinajstić information content (AvgIpc) is 2.15. The predicted octanol–water partition coefficient (Wildman–Crippen LogP) is 3.92. The summed E-state index contributed by atoms with van der Waals surface area (Å²) in [5.41, 5.74) is 1.63. The highest BCUT2D eigenvalue weighted by Gasteiger charge is 2.37. The Kier molecular flexibility index (Phi) is 5.28. The minimum Gasteiger partial charge on any atom is -0.478 e. The molecule has 0 bridgehead atoms. The number of aliphatic carboxylic acids is 1. The largest absolute Gasteiger partial charge is 0.478 e. The molecule has 0 heterocycles. The highest BCUT2D eigenvalue weighted by molar-refractivity contribution is 6.82. The van der Waals surface area contributed by atoms with Gasteiger partial charge in [0, 0.05) is 5.57 Å². The summed E-state index contributed by atoms with van der Waals surface area (Å²) in [5.74, 6) is -0.835. The normalized spacial score (nSPS) is 17.2. The van der Waals surface area contributed by atoms with Crippen LogP contribution in [0.25, 0.3) is 0 Å². The van der Waals surface area contributed by atoms with Gasteiger partial charge in [-0.05, 0) is 11.6 Å². The lowest BCUT2D eigenvalue weighted by Crippen LogP contribution is -2.39. The van der Waals surface area contributed by atoms with Gasteiger partial charge in [0.2, 0.25) is 0 Å². The van der Waals surface area contributed by atoms with E-state index in [1.807, 2.05) is 0 Å². The van der Waals surface area contributed by atoms with Crippen molar-refractivity contribution in [2.24, 2.45) is 0 Å². The molecule has 0 rings (SSSR count). The van der Waals surface area contributed by atoms with Gasteiger partial charge in [-0.25, -0.2) is 4.79 Å². The van der Waals surface area contributed by atoms with Crippen LogP contribution in [-0.4, -0.2) is 19.1 Å². The molecule has 0 fully saturated rings. The molecule has 0 aliphatic rings. The fourth-order valence-electron chi connectivity index (χ4n) is 1.95. The van der Waals surface area contributed by atoms with E-state index in [0.717, 1.165) is 12.5 Å². The van der Waals surface area contributed by atoms with Crippen LogP contribution in [0.1, 0.15) is 34.1 Å². The smallest absolute Gasteiger partial charge is 0.330 e. The molecule has 0 amide bonds. The lowest BCUT2D eigenvalue weighted by atomic mass is 10.3. The summed E-state index contributed by atoms with van der Waals surface area (Å²) in [6.07, 6.45) is 1.13. The lowest BCUT2D eigenvalue weighted by Gasteiger charge is -2.37. The first-order valence-corrected chi connectivity index (χ1v) is 8.52. The predicted molar refractivity (Wildman–Crippen MR) is 68.0 cm³/mol. The van der Waals surface area contributed by atoms with Crippen molar-refractivity contribution >= 4 is 14.0 Å². The van der Waals surface area contributed by atoms with Crippen LogP contribution in [-0.2, 0) is 4.79 Å². The fraction of sp³-hybridized carbons (Fsp3) is 0.750. The van der Waals surface area contributed by atoms with Gasteiger partial charge in [0.15, 0.2) is 0 Å². The van der Waals surface area contributed by atoms with Gasteiger partial charge in [-0.1, -0.05) is 52.8 Å². The van der Waals surface area contributed by atoms with E-state index >= 15 is 0 Å². The maximum absolute atomic E-state index is 10.8. The summed E-state index contributed by atoms with van der Waals surface area (Å²) in [6, 6.07) is 0.717. The Hall–Kier alpha value is -0.573. The number of rotatable bonds is 6. The molecule has 0 spiro atoms. The minimum atomic E-state index is -1.54. The fourth-order valence-corrected chi connectivity index (χ4v) is 5.85. The molecule has 0 aliphatic carbocycles. The molecule has 0 radical (unpaired) electrons. The Morgan fingerprint density at radius 1 is 1.40 bits per heavy atom. The van der Waals surface area contributed by atoms with Gasteiger partial charge in [-0.2, -0.15) is 0 Å². The first-order chi connectivity index (χ1) is 6.75. The molecule has 0 aromatic rings. The molecule has 2 unspecified atom stereocenters. The van der Waals surface area contributed by atoms with Crippen molar-refractivity contribution in [3.05, 3.63) is 12.2 Å². The van der Waals surface area contributed by atoms with Crippen LogP contribution in [0.2, 0.25) is 23.7 Å². The molecule has 3 heteroatoms. The van der Waals surface area contributed by atoms with E-state index in [4.69, 9.17) is 5.11 Å². The maximum atomic E-state index is 10.8. The molecule has 2 nitrogen and oxygen atoms in total. The summed E-state index contributed by atoms with van der Waals surface area (Å²) >= 11 is 0. The van der Waals surface area contributed by atoms with E-state index < -0.39 is 14.0 Å². The van der Waals surface area contributed by atoms with E-state index in [1.54, 1.807) is 0 Å². The summed E-state index contributed by atoms with van der Waals surface area (Å²) in [5, 5.41) is 8.90. The molecule has 0 saturated carbocycles. The highest BCUT2D eigenvalue weighted by atomic mass is 28.3. The van der Waals surface area contributed by atoms with Crippen LogP contribution >= 0.6 is 0 Å². The summed E-state index contributed by atoms with van der Waals surface area (Å²) < 4.78 is 0. The van der Waals surface area contributed by atoms with Gasteiger partial charge in [0.1, 0.15) is 0 Å². The Morgan fingerprint density at radius 2 is 1.87 bits per heavy atom. The molecule has 2 atom stereocenters. The summed E-state index contributed by atoms with van der Waals surface area (Å²) in [4.78, 5) is 10.8. The van der Waals surface area contributed by atoms with Crippen LogP contribution in [0, 0.1) is 0 Å². The summed E-state index contributed by atoms with van der Waals surface area (Å²) in [7, 11) is -1.54. The first kappa shape index (κ1) is 14.4. The minimum absolute atomic E-state index is 0.387. The van der Waals surface area contributed by atoms with Crippen LogP contribution in [0.3, 0.4) is 0 Å². The van der Waals surface area contributed by atoms with E-state index in [1.165, 1.54) is 0 Å². The number of hydrogen-bond donors (Lipinski definition) is 1. The van der Waals surface area contributed by atoms with Crippen LogP contribution in [0.5, 0.6) is 0 Å². The third-order valence-electron chi connectivity index (χ3n) is 3.95. The Labute approximate surface area is 94.4 Å². The second kappa shape index (κ2) is 5.49. The van der Waals surface area contributed by atoms with Crippen molar-refractivity contribution in [3.8, 4) is 0 Å². The number of carboxylic acid groups (broad SMARTS) is 1. The van der Waals surface area contributed by atoms with Gasteiger partial charge in [-0.15, -0.1) is 0 Å². The Balaban J connectivity index is 4.81. The van der Waals surface area contributed by atoms with E-state index in [-0.39, 0.29) is 0 Å². The third-order valence-corrected chi connectivity index (χ3v) is 10.4. The average molecular weight is 228 g/mol. The van der Waals surface area contributed by atoms with E-state index in [0.29, 0.717) is 16.7 Å². The van der Waals surface area contributed by atoms with Gasteiger partial charge in [-0.3, -0.25) is 0 Å². The summed E-state index contributed by atoms with van der Waals surface area (Å²) in [6.45, 7) is 14.8. The van der Waals surface area contributed by atoms with Crippen molar-refractivity contribution < 1.29 is 9.90 Å². The zero-order valence-electron chi connectivity index (χ0n) is 10.6. The van der Waals surface area contributed by atoms with Crippen molar-refractivity contribution in [2.45, 2.75) is 57.8 Å². The van der Waals surface area contributed by atoms with Gasteiger partial charge >= 0.3 is 5.97 Å². The van der Waals surface area contributed by atoms with Crippen LogP contribution < -0.4 is 0 Å². The molecule has 1 N–H and O–H groups in total. The molecule has 88 valence electrons. The molecule has 0 aliphatic heterocycles. The van der Waals surface area contributed by atoms with E-state index in [9.17, 15) is 4.79 Å². The second-order valence-electron chi connectivity index (χ2n) is 5.06. The molecule has 0 aromatic carbocycles. The van der Waals surface area contributed by atoms with Gasteiger partial charge < -0.3 is 5.11 Å². The van der Waals surface area contributed by atoms with Crippen molar-refractivity contribution in [1.82, 2.24) is 0 Å². The highest BCUT2D eigenvalue weighted by Crippen LogP contribution is 2.39. The van der Waals surface area contributed by atoms with Gasteiger partial charge in [0.05, 0.1) is 8.07 Å². The zero-order chi connectivity index (χ0) is 12.2. The molecule has 0 saturated heterocycles. The first-order valence-electron chi connectivity index (χ1n) is 5.66. The molecule has 15 heavy (non-hydrogen) atoms. The number of carboxylic acids is 1. The topological polar surface area (TPSA) is 37.3 Å². The van der Waals surface area contributed by atoms with Crippen LogP contribution in [0.4, 0.5) is 0 Å². The van der Waals surface area contributed by atoms with Crippen molar-refractivity contribution in [3.63, 3.8) is 0 Å². The molecule has 0 aromatic heterocycles. The molecular weight excluding hydrogens is 204 g/mol. The molecular formula is C12H24O2Si. The third kappa shape index (κ3) is 3.49. The standard InChI is InChI=1S/C12H24O2Si/c1-7-11(5)15(6,9(2)3)8-10(4)12(13)14/h9,11H,4,7-8H2,1-3,5-6H3,(H,13,14). The Morgan fingerprint density at radius 3 is 2.13 bits per heavy atom. The van der Waals surface area contributed by atoms with E-state index in [2.05, 4.69) is 40.8 Å². The SMILES string of the molecule is C=C(C[Si](C)(C(C)C)C(C)CC)C(=O)O. The van der Waals surface area contributed by atoms with Gasteiger partial charge in [0.25, 0.3) is 0 Å². The van der Waals surface area contributed by atoms with Crippen LogP contribution in [0.15, 0.2) is 12.2 Å².